The van der Waals surface area contributed by atoms with Crippen LogP contribution in [0.15, 0.2) is 18.2 Å². The average Bonchev–Trinajstić information content (AvgIpc) is 2.22. The summed E-state index contributed by atoms with van der Waals surface area (Å²) in [5, 5.41) is 11.3. The molecule has 2 nitrogen and oxygen atoms in total. The van der Waals surface area contributed by atoms with Gasteiger partial charge in [0, 0.05) is 5.39 Å². The van der Waals surface area contributed by atoms with Crippen molar-refractivity contribution < 1.29 is 5.11 Å². The zero-order valence-electron chi connectivity index (χ0n) is 9.58. The Balaban J connectivity index is 2.86. The second kappa shape index (κ2) is 4.04. The molecule has 0 radical (unpaired) electrons. The largest absolute Gasteiger partial charge is 0.387 e. The van der Waals surface area contributed by atoms with Crippen LogP contribution in [0.5, 0.6) is 0 Å². The molecule has 0 saturated heterocycles. The number of benzene rings is 1. The molecule has 0 aliphatic carbocycles. The lowest BCUT2D eigenvalue weighted by Gasteiger charge is -2.11. The highest BCUT2D eigenvalue weighted by molar-refractivity contribution is 6.35. The summed E-state index contributed by atoms with van der Waals surface area (Å²) in [5.74, 6) is 0. The number of aryl methyl sites for hydroxylation is 2. The van der Waals surface area contributed by atoms with Gasteiger partial charge in [-0.1, -0.05) is 17.7 Å². The Morgan fingerprint density at radius 3 is 2.56 bits per heavy atom. The van der Waals surface area contributed by atoms with Crippen LogP contribution in [0.4, 0.5) is 0 Å². The molecule has 0 saturated carbocycles. The van der Waals surface area contributed by atoms with Crippen molar-refractivity contribution in [2.45, 2.75) is 26.9 Å². The summed E-state index contributed by atoms with van der Waals surface area (Å²) < 4.78 is 0. The Morgan fingerprint density at radius 1 is 1.25 bits per heavy atom. The third-order valence-electron chi connectivity index (χ3n) is 2.76. The van der Waals surface area contributed by atoms with Crippen molar-refractivity contribution in [3.63, 3.8) is 0 Å². The number of rotatable bonds is 1. The molecule has 0 spiro atoms. The van der Waals surface area contributed by atoms with Gasteiger partial charge in [-0.15, -0.1) is 0 Å². The summed E-state index contributed by atoms with van der Waals surface area (Å²) in [6, 6.07) is 5.72. The summed E-state index contributed by atoms with van der Waals surface area (Å²) in [6.07, 6.45) is -0.554. The predicted molar refractivity (Wildman–Crippen MR) is 66.9 cm³/mol. The van der Waals surface area contributed by atoms with Gasteiger partial charge in [0.1, 0.15) is 0 Å². The van der Waals surface area contributed by atoms with Crippen molar-refractivity contribution in [1.82, 2.24) is 4.98 Å². The molecule has 84 valence electrons. The van der Waals surface area contributed by atoms with Crippen LogP contribution in [0.2, 0.25) is 5.02 Å². The number of hydrogen-bond donors (Lipinski definition) is 1. The molecule has 3 heteroatoms. The number of halogens is 1. The minimum absolute atomic E-state index is 0.554. The van der Waals surface area contributed by atoms with Gasteiger partial charge in [-0.05, 0) is 44.0 Å². The summed E-state index contributed by atoms with van der Waals surface area (Å²) in [5.41, 5.74) is 3.69. The standard InChI is InChI=1S/C13H14ClNO/c1-7-4-5-10(14)12-8(2)6-11(9(3)16)15-13(7)12/h4-6,9,16H,1-3H3. The third-order valence-corrected chi connectivity index (χ3v) is 3.07. The summed E-state index contributed by atoms with van der Waals surface area (Å²) >= 11 is 6.16. The van der Waals surface area contributed by atoms with Gasteiger partial charge in [0.05, 0.1) is 22.3 Å². The molecule has 1 unspecified atom stereocenters. The van der Waals surface area contributed by atoms with Gasteiger partial charge >= 0.3 is 0 Å². The average molecular weight is 236 g/mol. The molecule has 1 aromatic heterocycles. The molecule has 1 atom stereocenters. The van der Waals surface area contributed by atoms with Gasteiger partial charge in [0.2, 0.25) is 0 Å². The van der Waals surface area contributed by atoms with Crippen molar-refractivity contribution in [3.8, 4) is 0 Å². The normalized spacial score (nSPS) is 13.1. The minimum Gasteiger partial charge on any atom is -0.387 e. The Labute approximate surface area is 99.9 Å². The van der Waals surface area contributed by atoms with E-state index in [0.717, 1.165) is 22.0 Å². The number of fused-ring (bicyclic) bond motifs is 1. The Hall–Kier alpha value is -1.12. The molecule has 1 N–H and O–H groups in total. The van der Waals surface area contributed by atoms with E-state index < -0.39 is 6.10 Å². The lowest BCUT2D eigenvalue weighted by Crippen LogP contribution is -1.98. The highest BCUT2D eigenvalue weighted by Gasteiger charge is 2.10. The van der Waals surface area contributed by atoms with E-state index in [1.54, 1.807) is 6.92 Å². The lowest BCUT2D eigenvalue weighted by atomic mass is 10.0. The van der Waals surface area contributed by atoms with Crippen molar-refractivity contribution in [3.05, 3.63) is 40.0 Å². The van der Waals surface area contributed by atoms with E-state index in [4.69, 9.17) is 11.6 Å². The van der Waals surface area contributed by atoms with E-state index >= 15 is 0 Å². The Bertz CT molecular complexity index is 549. The first-order valence-corrected chi connectivity index (χ1v) is 5.63. The Morgan fingerprint density at radius 2 is 1.94 bits per heavy atom. The quantitative estimate of drug-likeness (QED) is 0.820. The van der Waals surface area contributed by atoms with Gasteiger partial charge < -0.3 is 5.11 Å². The molecule has 1 aromatic carbocycles. The third kappa shape index (κ3) is 1.79. The van der Waals surface area contributed by atoms with Gasteiger partial charge in [-0.3, -0.25) is 0 Å². The molecule has 0 fully saturated rings. The Kier molecular flexibility index (Phi) is 2.87. The van der Waals surface area contributed by atoms with E-state index in [-0.39, 0.29) is 0 Å². The first-order valence-electron chi connectivity index (χ1n) is 5.25. The predicted octanol–water partition coefficient (Wildman–Crippen LogP) is 3.56. The summed E-state index contributed by atoms with van der Waals surface area (Å²) in [4.78, 5) is 4.46. The number of aliphatic hydroxyl groups is 1. The molecule has 16 heavy (non-hydrogen) atoms. The highest BCUT2D eigenvalue weighted by atomic mass is 35.5. The topological polar surface area (TPSA) is 33.1 Å². The number of hydrogen-bond acceptors (Lipinski definition) is 2. The maximum atomic E-state index is 9.57. The fourth-order valence-electron chi connectivity index (χ4n) is 1.86. The van der Waals surface area contributed by atoms with Crippen molar-refractivity contribution in [2.75, 3.05) is 0 Å². The summed E-state index contributed by atoms with van der Waals surface area (Å²) in [6.45, 7) is 5.70. The highest BCUT2D eigenvalue weighted by Crippen LogP contribution is 2.29. The summed E-state index contributed by atoms with van der Waals surface area (Å²) in [7, 11) is 0. The van der Waals surface area contributed by atoms with Gasteiger partial charge in [0.15, 0.2) is 0 Å². The van der Waals surface area contributed by atoms with Crippen LogP contribution in [-0.4, -0.2) is 10.1 Å². The zero-order valence-corrected chi connectivity index (χ0v) is 10.3. The van der Waals surface area contributed by atoms with E-state index in [0.29, 0.717) is 10.7 Å². The number of nitrogens with zero attached hydrogens (tertiary/aromatic N) is 1. The van der Waals surface area contributed by atoms with Crippen LogP contribution >= 0.6 is 11.6 Å². The number of aromatic nitrogens is 1. The van der Waals surface area contributed by atoms with Crippen molar-refractivity contribution >= 4 is 22.5 Å². The molecule has 2 rings (SSSR count). The van der Waals surface area contributed by atoms with Gasteiger partial charge in [-0.25, -0.2) is 4.98 Å². The maximum Gasteiger partial charge on any atom is 0.0932 e. The van der Waals surface area contributed by atoms with E-state index in [2.05, 4.69) is 4.98 Å². The second-order valence-corrected chi connectivity index (χ2v) is 4.54. The SMILES string of the molecule is Cc1ccc(Cl)c2c(C)cc(C(C)O)nc12. The molecular weight excluding hydrogens is 222 g/mol. The minimum atomic E-state index is -0.554. The van der Waals surface area contributed by atoms with Crippen molar-refractivity contribution in [1.29, 1.82) is 0 Å². The van der Waals surface area contributed by atoms with Gasteiger partial charge in [-0.2, -0.15) is 0 Å². The maximum absolute atomic E-state index is 9.57. The van der Waals surface area contributed by atoms with Crippen LogP contribution in [0, 0.1) is 13.8 Å². The molecule has 1 heterocycles. The zero-order chi connectivity index (χ0) is 11.9. The van der Waals surface area contributed by atoms with Crippen LogP contribution in [-0.2, 0) is 0 Å². The van der Waals surface area contributed by atoms with Crippen LogP contribution in [0.25, 0.3) is 10.9 Å². The van der Waals surface area contributed by atoms with E-state index in [9.17, 15) is 5.11 Å². The first kappa shape index (κ1) is 11.4. The lowest BCUT2D eigenvalue weighted by molar-refractivity contribution is 0.194. The van der Waals surface area contributed by atoms with Crippen LogP contribution in [0.1, 0.15) is 29.8 Å². The van der Waals surface area contributed by atoms with E-state index in [1.807, 2.05) is 32.0 Å². The monoisotopic (exact) mass is 235 g/mol. The molecule has 0 amide bonds. The smallest absolute Gasteiger partial charge is 0.0932 e. The number of pyridine rings is 1. The molecule has 0 aliphatic heterocycles. The fraction of sp³-hybridized carbons (Fsp3) is 0.308. The molecular formula is C13H14ClNO. The first-order chi connectivity index (χ1) is 7.50. The van der Waals surface area contributed by atoms with Crippen LogP contribution < -0.4 is 0 Å². The van der Waals surface area contributed by atoms with Crippen molar-refractivity contribution in [2.24, 2.45) is 0 Å². The molecule has 0 aliphatic rings. The number of aliphatic hydroxyl groups excluding tert-OH is 1. The fourth-order valence-corrected chi connectivity index (χ4v) is 2.16. The molecule has 0 bridgehead atoms. The van der Waals surface area contributed by atoms with Crippen LogP contribution in [0.3, 0.4) is 0 Å². The second-order valence-electron chi connectivity index (χ2n) is 4.13. The molecule has 2 aromatic rings. The van der Waals surface area contributed by atoms with E-state index in [1.165, 1.54) is 0 Å². The van der Waals surface area contributed by atoms with Gasteiger partial charge in [0.25, 0.3) is 0 Å².